The molecule has 1 aromatic carbocycles. The number of carbonyl (C=O) groups is 1. The fraction of sp³-hybridized carbons (Fsp3) is 0.421. The molecular formula is C19H22ClN5O4. The van der Waals surface area contributed by atoms with Crippen LogP contribution in [-0.4, -0.2) is 40.2 Å². The molecule has 9 nitrogen and oxygen atoms in total. The van der Waals surface area contributed by atoms with E-state index >= 15 is 0 Å². The van der Waals surface area contributed by atoms with Crippen molar-refractivity contribution in [1.82, 2.24) is 15.1 Å². The number of rotatable bonds is 6. The van der Waals surface area contributed by atoms with Crippen LogP contribution in [0.5, 0.6) is 0 Å². The van der Waals surface area contributed by atoms with E-state index in [2.05, 4.69) is 10.4 Å². The number of carbonyl (C=O) groups excluding carboxylic acids is 1. The zero-order valence-corrected chi connectivity index (χ0v) is 16.8. The lowest BCUT2D eigenvalue weighted by atomic mass is 9.97. The number of anilines is 1. The van der Waals surface area contributed by atoms with Gasteiger partial charge < -0.3 is 10.2 Å². The van der Waals surface area contributed by atoms with Gasteiger partial charge in [-0.05, 0) is 31.4 Å². The third-order valence-electron chi connectivity index (χ3n) is 4.89. The highest BCUT2D eigenvalue weighted by molar-refractivity contribution is 6.33. The first-order valence-corrected chi connectivity index (χ1v) is 9.85. The Kier molecular flexibility index (Phi) is 6.48. The summed E-state index contributed by atoms with van der Waals surface area (Å²) < 4.78 is 1.10. The number of benzene rings is 1. The normalized spacial score (nSPS) is 16.5. The molecule has 1 saturated heterocycles. The summed E-state index contributed by atoms with van der Waals surface area (Å²) in [5.41, 5.74) is 0.271. The van der Waals surface area contributed by atoms with E-state index in [0.29, 0.717) is 31.0 Å². The van der Waals surface area contributed by atoms with Gasteiger partial charge in [0.15, 0.2) is 0 Å². The molecule has 154 valence electrons. The van der Waals surface area contributed by atoms with Gasteiger partial charge in [0.25, 0.3) is 11.2 Å². The van der Waals surface area contributed by atoms with Crippen LogP contribution in [0.3, 0.4) is 0 Å². The Morgan fingerprint density at radius 3 is 2.76 bits per heavy atom. The fourth-order valence-electron chi connectivity index (χ4n) is 3.35. The molecular weight excluding hydrogens is 398 g/mol. The van der Waals surface area contributed by atoms with E-state index in [1.165, 1.54) is 30.5 Å². The highest BCUT2D eigenvalue weighted by atomic mass is 35.5. The standard InChI is InChI=1S/C19H22ClN5O4/c1-2-9-21-18(26)13-4-3-10-23(12-13)16-11-22-24(19(27)17(16)20)14-5-7-15(8-6-14)25(28)29/h5-8,11,13H,2-4,9-10,12H2,1H3,(H,21,26). The number of piperidine rings is 1. The molecule has 2 heterocycles. The summed E-state index contributed by atoms with van der Waals surface area (Å²) in [5, 5.41) is 17.9. The van der Waals surface area contributed by atoms with Crippen molar-refractivity contribution in [2.75, 3.05) is 24.5 Å². The zero-order valence-electron chi connectivity index (χ0n) is 16.0. The Hall–Kier alpha value is -2.94. The van der Waals surface area contributed by atoms with E-state index < -0.39 is 10.5 Å². The van der Waals surface area contributed by atoms with Crippen molar-refractivity contribution in [3.05, 3.63) is 56.0 Å². The number of nitrogens with zero attached hydrogens (tertiary/aromatic N) is 4. The van der Waals surface area contributed by atoms with E-state index in [-0.39, 0.29) is 22.5 Å². The summed E-state index contributed by atoms with van der Waals surface area (Å²) in [5.74, 6) is -0.150. The number of aromatic nitrogens is 2. The molecule has 1 aliphatic heterocycles. The average molecular weight is 420 g/mol. The van der Waals surface area contributed by atoms with Crippen molar-refractivity contribution in [1.29, 1.82) is 0 Å². The lowest BCUT2D eigenvalue weighted by Gasteiger charge is -2.33. The monoisotopic (exact) mass is 419 g/mol. The summed E-state index contributed by atoms with van der Waals surface area (Å²) in [6.07, 6.45) is 3.97. The quantitative estimate of drug-likeness (QED) is 0.569. The predicted molar refractivity (Wildman–Crippen MR) is 110 cm³/mol. The Bertz CT molecular complexity index is 960. The maximum absolute atomic E-state index is 12.7. The maximum Gasteiger partial charge on any atom is 0.292 e. The summed E-state index contributed by atoms with van der Waals surface area (Å²) in [6, 6.07) is 5.49. The van der Waals surface area contributed by atoms with Crippen LogP contribution in [0.2, 0.25) is 5.02 Å². The Morgan fingerprint density at radius 1 is 1.38 bits per heavy atom. The molecule has 1 unspecified atom stereocenters. The third kappa shape index (κ3) is 4.56. The van der Waals surface area contributed by atoms with Crippen molar-refractivity contribution in [3.63, 3.8) is 0 Å². The van der Waals surface area contributed by atoms with Crippen molar-refractivity contribution in [2.45, 2.75) is 26.2 Å². The van der Waals surface area contributed by atoms with Gasteiger partial charge in [-0.3, -0.25) is 19.7 Å². The van der Waals surface area contributed by atoms with Crippen LogP contribution in [0.25, 0.3) is 5.69 Å². The van der Waals surface area contributed by atoms with Crippen LogP contribution in [-0.2, 0) is 4.79 Å². The number of nitro benzene ring substituents is 1. The van der Waals surface area contributed by atoms with Gasteiger partial charge in [0.05, 0.1) is 28.4 Å². The highest BCUT2D eigenvalue weighted by Crippen LogP contribution is 2.27. The van der Waals surface area contributed by atoms with Crippen LogP contribution in [0.4, 0.5) is 11.4 Å². The van der Waals surface area contributed by atoms with Gasteiger partial charge in [-0.1, -0.05) is 18.5 Å². The molecule has 0 aliphatic carbocycles. The van der Waals surface area contributed by atoms with Crippen LogP contribution < -0.4 is 15.8 Å². The lowest BCUT2D eigenvalue weighted by Crippen LogP contribution is -2.44. The first-order valence-electron chi connectivity index (χ1n) is 9.47. The largest absolute Gasteiger partial charge is 0.368 e. The summed E-state index contributed by atoms with van der Waals surface area (Å²) in [4.78, 5) is 37.2. The maximum atomic E-state index is 12.7. The SMILES string of the molecule is CCCNC(=O)C1CCCN(c2cnn(-c3ccc([N+](=O)[O-])cc3)c(=O)c2Cl)C1. The molecule has 0 saturated carbocycles. The highest BCUT2D eigenvalue weighted by Gasteiger charge is 2.27. The topological polar surface area (TPSA) is 110 Å². The number of halogens is 1. The smallest absolute Gasteiger partial charge is 0.292 e. The van der Waals surface area contributed by atoms with Crippen LogP contribution in [0, 0.1) is 16.0 Å². The van der Waals surface area contributed by atoms with Crippen molar-refractivity contribution < 1.29 is 9.72 Å². The molecule has 1 aliphatic rings. The summed E-state index contributed by atoms with van der Waals surface area (Å²) in [6.45, 7) is 3.79. The minimum absolute atomic E-state index is 0.00738. The Morgan fingerprint density at radius 2 is 2.10 bits per heavy atom. The van der Waals surface area contributed by atoms with Gasteiger partial charge in [-0.25, -0.2) is 0 Å². The van der Waals surface area contributed by atoms with Gasteiger partial charge in [-0.15, -0.1) is 0 Å². The third-order valence-corrected chi connectivity index (χ3v) is 5.24. The predicted octanol–water partition coefficient (Wildman–Crippen LogP) is 2.54. The first kappa shape index (κ1) is 20.8. The Labute approximate surface area is 172 Å². The molecule has 0 spiro atoms. The molecule has 1 N–H and O–H groups in total. The molecule has 0 bridgehead atoms. The van der Waals surface area contributed by atoms with Crippen LogP contribution >= 0.6 is 11.6 Å². The number of amides is 1. The number of non-ortho nitro benzene ring substituents is 1. The van der Waals surface area contributed by atoms with Crippen molar-refractivity contribution in [3.8, 4) is 5.69 Å². The van der Waals surface area contributed by atoms with Gasteiger partial charge in [0, 0.05) is 31.8 Å². The molecule has 0 radical (unpaired) electrons. The van der Waals surface area contributed by atoms with E-state index in [1.807, 2.05) is 11.8 Å². The number of hydrogen-bond acceptors (Lipinski definition) is 6. The van der Waals surface area contributed by atoms with Crippen LogP contribution in [0.15, 0.2) is 35.3 Å². The fourth-order valence-corrected chi connectivity index (χ4v) is 3.59. The van der Waals surface area contributed by atoms with Gasteiger partial charge in [0.1, 0.15) is 5.02 Å². The van der Waals surface area contributed by atoms with Gasteiger partial charge >= 0.3 is 0 Å². The van der Waals surface area contributed by atoms with E-state index in [0.717, 1.165) is 23.9 Å². The number of nitrogens with one attached hydrogen (secondary N) is 1. The molecule has 1 aromatic heterocycles. The molecule has 1 atom stereocenters. The minimum Gasteiger partial charge on any atom is -0.368 e. The second-order valence-corrected chi connectivity index (χ2v) is 7.29. The number of hydrogen-bond donors (Lipinski definition) is 1. The second kappa shape index (κ2) is 9.04. The van der Waals surface area contributed by atoms with Gasteiger partial charge in [-0.2, -0.15) is 9.78 Å². The summed E-state index contributed by atoms with van der Waals surface area (Å²) in [7, 11) is 0. The molecule has 10 heteroatoms. The van der Waals surface area contributed by atoms with Crippen LogP contribution in [0.1, 0.15) is 26.2 Å². The van der Waals surface area contributed by atoms with Gasteiger partial charge in [0.2, 0.25) is 5.91 Å². The molecule has 3 rings (SSSR count). The molecule has 1 amide bonds. The average Bonchev–Trinajstić information content (AvgIpc) is 2.74. The summed E-state index contributed by atoms with van der Waals surface area (Å²) >= 11 is 6.35. The van der Waals surface area contributed by atoms with Crippen molar-refractivity contribution in [2.24, 2.45) is 5.92 Å². The lowest BCUT2D eigenvalue weighted by molar-refractivity contribution is -0.384. The first-order chi connectivity index (χ1) is 13.9. The number of nitro groups is 1. The van der Waals surface area contributed by atoms with E-state index in [4.69, 9.17) is 11.6 Å². The second-order valence-electron chi connectivity index (χ2n) is 6.91. The molecule has 2 aromatic rings. The van der Waals surface area contributed by atoms with E-state index in [1.54, 1.807) is 0 Å². The molecule has 1 fully saturated rings. The molecule has 29 heavy (non-hydrogen) atoms. The van der Waals surface area contributed by atoms with E-state index in [9.17, 15) is 19.7 Å². The minimum atomic E-state index is -0.518. The van der Waals surface area contributed by atoms with Crippen molar-refractivity contribution >= 4 is 28.9 Å². The Balaban J connectivity index is 1.83. The zero-order chi connectivity index (χ0) is 21.0.